The summed E-state index contributed by atoms with van der Waals surface area (Å²) in [4.78, 5) is 0. The lowest BCUT2D eigenvalue weighted by atomic mass is 9.87. The molecule has 0 radical (unpaired) electrons. The summed E-state index contributed by atoms with van der Waals surface area (Å²) in [7, 11) is -1.15. The second-order valence-corrected chi connectivity index (χ2v) is 6.60. The fraction of sp³-hybridized carbons (Fsp3) is 0.643. The van der Waals surface area contributed by atoms with Gasteiger partial charge >= 0.3 is 7.12 Å². The van der Waals surface area contributed by atoms with E-state index in [4.69, 9.17) is 14.4 Å². The molecule has 0 unspecified atom stereocenters. The van der Waals surface area contributed by atoms with Gasteiger partial charge in [0.2, 0.25) is 0 Å². The van der Waals surface area contributed by atoms with Gasteiger partial charge in [0.05, 0.1) is 17.4 Å². The number of aromatic nitrogens is 2. The summed E-state index contributed by atoms with van der Waals surface area (Å²) in [5, 5.41) is 12.3. The second kappa shape index (κ2) is 5.96. The number of rotatable bonds is 5. The lowest BCUT2D eigenvalue weighted by molar-refractivity contribution is -0.0652. The van der Waals surface area contributed by atoms with Crippen molar-refractivity contribution in [2.45, 2.75) is 51.4 Å². The van der Waals surface area contributed by atoms with Crippen LogP contribution in [0.25, 0.3) is 6.08 Å². The summed E-state index contributed by atoms with van der Waals surface area (Å²) in [5.74, 6) is -3.28. The molecule has 1 saturated heterocycles. The molecule has 1 aromatic rings. The first-order valence-corrected chi connectivity index (χ1v) is 7.20. The lowest BCUT2D eigenvalue weighted by Gasteiger charge is -2.32. The molecule has 0 aliphatic carbocycles. The molecule has 0 amide bonds. The zero-order valence-electron chi connectivity index (χ0n) is 13.5. The molecule has 0 spiro atoms. The van der Waals surface area contributed by atoms with Crippen molar-refractivity contribution in [3.63, 3.8) is 0 Å². The predicted octanol–water partition coefficient (Wildman–Crippen LogP) is 2.45. The van der Waals surface area contributed by atoms with Crippen LogP contribution in [0.5, 0.6) is 0 Å². The number of aliphatic hydroxyl groups is 1. The Morgan fingerprint density at radius 2 is 1.91 bits per heavy atom. The summed E-state index contributed by atoms with van der Waals surface area (Å²) in [5.41, 5.74) is -1.71. The van der Waals surface area contributed by atoms with Crippen molar-refractivity contribution in [1.82, 2.24) is 9.78 Å². The molecule has 2 heterocycles. The first kappa shape index (κ1) is 18.0. The average Bonchev–Trinajstić information content (AvgIpc) is 2.91. The Labute approximate surface area is 133 Å². The molecule has 0 saturated carbocycles. The van der Waals surface area contributed by atoms with Crippen molar-refractivity contribution < 1.29 is 27.6 Å². The number of nitrogens with zero attached hydrogens (tertiary/aromatic N) is 2. The minimum atomic E-state index is -3.28. The predicted molar refractivity (Wildman–Crippen MR) is 79.4 cm³/mol. The molecule has 1 aromatic heterocycles. The molecule has 0 aromatic carbocycles. The Hall–Kier alpha value is -1.32. The van der Waals surface area contributed by atoms with Crippen molar-refractivity contribution in [1.29, 1.82) is 0 Å². The third-order valence-electron chi connectivity index (χ3n) is 4.06. The quantitative estimate of drug-likeness (QED) is 0.842. The van der Waals surface area contributed by atoms with Gasteiger partial charge in [-0.3, -0.25) is 4.68 Å². The Balaban J connectivity index is 2.10. The van der Waals surface area contributed by atoms with Crippen molar-refractivity contribution in [3.8, 4) is 0 Å². The van der Waals surface area contributed by atoms with E-state index in [9.17, 15) is 13.2 Å². The maximum atomic E-state index is 14.3. The zero-order valence-corrected chi connectivity index (χ0v) is 13.5. The van der Waals surface area contributed by atoms with Crippen LogP contribution in [0.1, 0.15) is 33.3 Å². The van der Waals surface area contributed by atoms with Gasteiger partial charge in [-0.15, -0.1) is 0 Å². The van der Waals surface area contributed by atoms with E-state index in [1.807, 2.05) is 0 Å². The van der Waals surface area contributed by atoms with Crippen LogP contribution in [-0.4, -0.2) is 45.7 Å². The van der Waals surface area contributed by atoms with E-state index in [1.54, 1.807) is 27.7 Å². The van der Waals surface area contributed by atoms with Crippen LogP contribution in [0.2, 0.25) is 0 Å². The zero-order chi connectivity index (χ0) is 17.5. The molecule has 128 valence electrons. The number of aliphatic hydroxyl groups excluding tert-OH is 1. The maximum Gasteiger partial charge on any atom is 0.525 e. The highest BCUT2D eigenvalue weighted by molar-refractivity contribution is 6.54. The smallest absolute Gasteiger partial charge is 0.398 e. The number of halogens is 3. The normalized spacial score (nSPS) is 21.0. The topological polar surface area (TPSA) is 56.5 Å². The van der Waals surface area contributed by atoms with Gasteiger partial charge in [0.1, 0.15) is 18.9 Å². The highest BCUT2D eigenvalue weighted by atomic mass is 19.3. The monoisotopic (exact) mass is 332 g/mol. The lowest BCUT2D eigenvalue weighted by Crippen LogP contribution is -2.41. The van der Waals surface area contributed by atoms with Gasteiger partial charge in [0.15, 0.2) is 0 Å². The molecule has 1 aliphatic heterocycles. The molecule has 0 bridgehead atoms. The van der Waals surface area contributed by atoms with Crippen LogP contribution in [-0.2, 0) is 15.9 Å². The summed E-state index contributed by atoms with van der Waals surface area (Å²) >= 11 is 0. The SMILES string of the molecule is CC1(C)OB(C(F)=Cc2cnn(CC(F)(F)CO)c2)OC1(C)C. The Bertz CT molecular complexity index is 586. The van der Waals surface area contributed by atoms with E-state index in [0.717, 1.165) is 10.8 Å². The maximum absolute atomic E-state index is 14.3. The van der Waals surface area contributed by atoms with Crippen molar-refractivity contribution in [2.75, 3.05) is 6.61 Å². The first-order chi connectivity index (χ1) is 10.5. The van der Waals surface area contributed by atoms with E-state index in [1.165, 1.54) is 12.4 Å². The number of alkyl halides is 2. The third kappa shape index (κ3) is 3.96. The van der Waals surface area contributed by atoms with Crippen LogP contribution < -0.4 is 0 Å². The van der Waals surface area contributed by atoms with E-state index < -0.39 is 43.1 Å². The molecule has 1 N–H and O–H groups in total. The van der Waals surface area contributed by atoms with Crippen molar-refractivity contribution in [3.05, 3.63) is 23.7 Å². The standard InChI is InChI=1S/C14H20BF3N2O3/c1-12(2)13(3,4)23-15(22-12)11(16)5-10-6-19-20(7-10)8-14(17,18)9-21/h5-7,21H,8-9H2,1-4H3. The Morgan fingerprint density at radius 3 is 2.43 bits per heavy atom. The molecule has 5 nitrogen and oxygen atoms in total. The van der Waals surface area contributed by atoms with Gasteiger partial charge < -0.3 is 14.4 Å². The minimum Gasteiger partial charge on any atom is -0.398 e. The molecule has 1 aliphatic rings. The summed E-state index contributed by atoms with van der Waals surface area (Å²) in [6, 6.07) is 0. The second-order valence-electron chi connectivity index (χ2n) is 6.60. The van der Waals surface area contributed by atoms with Crippen LogP contribution in [0.3, 0.4) is 0 Å². The van der Waals surface area contributed by atoms with Gasteiger partial charge in [-0.25, -0.2) is 13.2 Å². The van der Waals surface area contributed by atoms with E-state index in [2.05, 4.69) is 5.10 Å². The van der Waals surface area contributed by atoms with Gasteiger partial charge in [-0.1, -0.05) is 0 Å². The van der Waals surface area contributed by atoms with Gasteiger partial charge in [0, 0.05) is 11.8 Å². The Kier molecular flexibility index (Phi) is 4.67. The van der Waals surface area contributed by atoms with Crippen LogP contribution >= 0.6 is 0 Å². The van der Waals surface area contributed by atoms with Crippen LogP contribution in [0, 0.1) is 0 Å². The summed E-state index contributed by atoms with van der Waals surface area (Å²) in [6.45, 7) is 5.14. The van der Waals surface area contributed by atoms with E-state index in [-0.39, 0.29) is 0 Å². The number of hydrogen-bond acceptors (Lipinski definition) is 4. The van der Waals surface area contributed by atoms with Crippen molar-refractivity contribution >= 4 is 13.2 Å². The van der Waals surface area contributed by atoms with Crippen LogP contribution in [0.15, 0.2) is 18.1 Å². The summed E-state index contributed by atoms with van der Waals surface area (Å²) in [6.07, 6.45) is 3.63. The Morgan fingerprint density at radius 1 is 1.35 bits per heavy atom. The molecular formula is C14H20BF3N2O3. The largest absolute Gasteiger partial charge is 0.525 e. The van der Waals surface area contributed by atoms with Gasteiger partial charge in [-0.05, 0) is 33.8 Å². The van der Waals surface area contributed by atoms with Crippen LogP contribution in [0.4, 0.5) is 13.2 Å². The fourth-order valence-corrected chi connectivity index (χ4v) is 2.01. The van der Waals surface area contributed by atoms with Crippen molar-refractivity contribution in [2.24, 2.45) is 0 Å². The minimum absolute atomic E-state index is 0.297. The number of hydrogen-bond donors (Lipinski definition) is 1. The highest BCUT2D eigenvalue weighted by Crippen LogP contribution is 2.39. The third-order valence-corrected chi connectivity index (χ3v) is 4.06. The fourth-order valence-electron chi connectivity index (χ4n) is 2.01. The summed E-state index contributed by atoms with van der Waals surface area (Å²) < 4.78 is 52.5. The molecule has 2 rings (SSSR count). The molecule has 1 fully saturated rings. The molecular weight excluding hydrogens is 312 g/mol. The van der Waals surface area contributed by atoms with Gasteiger partial charge in [-0.2, -0.15) is 5.10 Å². The van der Waals surface area contributed by atoms with E-state index in [0.29, 0.717) is 5.56 Å². The molecule has 9 heteroatoms. The average molecular weight is 332 g/mol. The first-order valence-electron chi connectivity index (χ1n) is 7.20. The van der Waals surface area contributed by atoms with Gasteiger partial charge in [0.25, 0.3) is 5.92 Å². The van der Waals surface area contributed by atoms with E-state index >= 15 is 0 Å². The molecule has 0 atom stereocenters. The molecule has 23 heavy (non-hydrogen) atoms. The highest BCUT2D eigenvalue weighted by Gasteiger charge is 2.53.